The lowest BCUT2D eigenvalue weighted by Crippen LogP contribution is -2.24. The number of amides is 2. The fourth-order valence-corrected chi connectivity index (χ4v) is 0.567. The van der Waals surface area contributed by atoms with Gasteiger partial charge >= 0.3 is 6.03 Å². The molecule has 60 valence electrons. The van der Waals surface area contributed by atoms with E-state index in [1.807, 2.05) is 5.43 Å². The smallest absolute Gasteiger partial charge is 0.332 e. The lowest BCUT2D eigenvalue weighted by Gasteiger charge is -1.89. The summed E-state index contributed by atoms with van der Waals surface area (Å²) >= 11 is 0. The molecule has 1 aliphatic carbocycles. The largest absolute Gasteiger partial charge is 0.506 e. The number of aliphatic hydroxyl groups is 1. The number of aliphatic hydroxyl groups excluding tert-OH is 1. The summed E-state index contributed by atoms with van der Waals surface area (Å²) < 4.78 is 0. The first kappa shape index (κ1) is 7.59. The van der Waals surface area contributed by atoms with E-state index in [2.05, 4.69) is 5.10 Å². The molecule has 0 saturated heterocycles. The predicted octanol–water partition coefficient (Wildman–Crippen LogP) is 0.246. The van der Waals surface area contributed by atoms with E-state index >= 15 is 0 Å². The van der Waals surface area contributed by atoms with Crippen LogP contribution in [-0.4, -0.2) is 17.4 Å². The number of urea groups is 1. The normalized spacial score (nSPS) is 15.1. The van der Waals surface area contributed by atoms with Gasteiger partial charge < -0.3 is 10.8 Å². The molecule has 0 heterocycles. The maximum Gasteiger partial charge on any atom is 0.332 e. The van der Waals surface area contributed by atoms with Gasteiger partial charge in [0, 0.05) is 0 Å². The molecule has 4 N–H and O–H groups in total. The van der Waals surface area contributed by atoms with E-state index < -0.39 is 6.03 Å². The fraction of sp³-hybridized carbons (Fsp3) is 0.333. The van der Waals surface area contributed by atoms with Gasteiger partial charge in [0.15, 0.2) is 0 Å². The molecule has 0 atom stereocenters. The van der Waals surface area contributed by atoms with Crippen LogP contribution in [0.15, 0.2) is 16.4 Å². The molecule has 5 heteroatoms. The quantitative estimate of drug-likeness (QED) is 0.303. The van der Waals surface area contributed by atoms with Crippen LogP contribution in [-0.2, 0) is 0 Å². The van der Waals surface area contributed by atoms with E-state index in [1.54, 1.807) is 0 Å². The predicted molar refractivity (Wildman–Crippen MR) is 40.1 cm³/mol. The molecule has 2 amide bonds. The molecule has 5 nitrogen and oxygen atoms in total. The number of nitrogens with one attached hydrogen (secondary N) is 1. The molecule has 0 bridgehead atoms. The zero-order chi connectivity index (χ0) is 8.27. The van der Waals surface area contributed by atoms with Gasteiger partial charge in [0.05, 0.1) is 6.21 Å². The summed E-state index contributed by atoms with van der Waals surface area (Å²) in [6.07, 6.45) is 3.00. The molecule has 0 aromatic carbocycles. The SMILES string of the molecule is NC(=O)N/N=C/C(O)=C1CC1. The van der Waals surface area contributed by atoms with Gasteiger partial charge in [-0.15, -0.1) is 0 Å². The van der Waals surface area contributed by atoms with Gasteiger partial charge in [-0.05, 0) is 18.4 Å². The van der Waals surface area contributed by atoms with Crippen LogP contribution >= 0.6 is 0 Å². The number of hydrazone groups is 1. The van der Waals surface area contributed by atoms with Crippen LogP contribution < -0.4 is 11.2 Å². The second-order valence-corrected chi connectivity index (χ2v) is 2.22. The molecule has 0 radical (unpaired) electrons. The van der Waals surface area contributed by atoms with Gasteiger partial charge in [0.1, 0.15) is 5.76 Å². The van der Waals surface area contributed by atoms with Crippen molar-refractivity contribution in [3.05, 3.63) is 11.3 Å². The minimum atomic E-state index is -0.741. The number of hydrogen-bond donors (Lipinski definition) is 3. The Bertz CT molecular complexity index is 226. The number of carbonyl (C=O) groups is 1. The van der Waals surface area contributed by atoms with Crippen molar-refractivity contribution in [3.8, 4) is 0 Å². The van der Waals surface area contributed by atoms with Crippen molar-refractivity contribution in [2.75, 3.05) is 0 Å². The number of hydrogen-bond acceptors (Lipinski definition) is 3. The van der Waals surface area contributed by atoms with Crippen molar-refractivity contribution in [2.24, 2.45) is 10.8 Å². The van der Waals surface area contributed by atoms with Crippen LogP contribution in [0.25, 0.3) is 0 Å². The number of nitrogens with two attached hydrogens (primary N) is 1. The third-order valence-electron chi connectivity index (χ3n) is 1.22. The number of carbonyl (C=O) groups excluding carboxylic acids is 1. The highest BCUT2D eigenvalue weighted by Crippen LogP contribution is 2.29. The van der Waals surface area contributed by atoms with Gasteiger partial charge in [0.2, 0.25) is 0 Å². The Morgan fingerprint density at radius 1 is 1.73 bits per heavy atom. The van der Waals surface area contributed by atoms with Crippen molar-refractivity contribution in [2.45, 2.75) is 12.8 Å². The summed E-state index contributed by atoms with van der Waals surface area (Å²) in [6, 6.07) is -0.741. The fourth-order valence-electron chi connectivity index (χ4n) is 0.567. The summed E-state index contributed by atoms with van der Waals surface area (Å²) in [7, 11) is 0. The first-order chi connectivity index (χ1) is 5.20. The zero-order valence-corrected chi connectivity index (χ0v) is 5.87. The third kappa shape index (κ3) is 2.70. The molecule has 0 aromatic heterocycles. The van der Waals surface area contributed by atoms with Crippen molar-refractivity contribution in [1.82, 2.24) is 5.43 Å². The highest BCUT2D eigenvalue weighted by molar-refractivity contribution is 5.79. The second-order valence-electron chi connectivity index (χ2n) is 2.22. The number of allylic oxidation sites excluding steroid dienone is 2. The average Bonchev–Trinajstić information content (AvgIpc) is 2.66. The van der Waals surface area contributed by atoms with E-state index in [0.717, 1.165) is 18.4 Å². The lowest BCUT2D eigenvalue weighted by atomic mass is 10.5. The first-order valence-corrected chi connectivity index (χ1v) is 3.19. The molecular formula is C6H9N3O2. The van der Waals surface area contributed by atoms with Crippen molar-refractivity contribution >= 4 is 12.2 Å². The first-order valence-electron chi connectivity index (χ1n) is 3.19. The topological polar surface area (TPSA) is 87.7 Å². The van der Waals surface area contributed by atoms with Crippen LogP contribution in [0.5, 0.6) is 0 Å². The maximum absolute atomic E-state index is 10.1. The molecule has 0 aromatic rings. The Labute approximate surface area is 63.6 Å². The van der Waals surface area contributed by atoms with Gasteiger partial charge in [0.25, 0.3) is 0 Å². The highest BCUT2D eigenvalue weighted by Gasteiger charge is 2.15. The number of primary amides is 1. The molecular weight excluding hydrogens is 146 g/mol. The monoisotopic (exact) mass is 155 g/mol. The molecule has 1 aliphatic rings. The van der Waals surface area contributed by atoms with Crippen molar-refractivity contribution in [1.29, 1.82) is 0 Å². The van der Waals surface area contributed by atoms with Crippen molar-refractivity contribution < 1.29 is 9.90 Å². The standard InChI is InChI=1S/C6H9N3O2/c7-6(11)9-8-3-5(10)4-1-2-4/h3,10H,1-2H2,(H3,7,9,11)/b8-3+. The van der Waals surface area contributed by atoms with Gasteiger partial charge in [-0.2, -0.15) is 5.10 Å². The summed E-state index contributed by atoms with van der Waals surface area (Å²) in [5.74, 6) is 0.124. The summed E-state index contributed by atoms with van der Waals surface area (Å²) in [6.45, 7) is 0. The summed E-state index contributed by atoms with van der Waals surface area (Å²) in [5, 5.41) is 12.4. The Kier molecular flexibility index (Phi) is 2.10. The molecule has 1 rings (SSSR count). The van der Waals surface area contributed by atoms with Crippen LogP contribution in [0.4, 0.5) is 4.79 Å². The van der Waals surface area contributed by atoms with Crippen molar-refractivity contribution in [3.63, 3.8) is 0 Å². The Hall–Kier alpha value is -1.52. The number of rotatable bonds is 2. The van der Waals surface area contributed by atoms with Gasteiger partial charge in [-0.25, -0.2) is 10.2 Å². The van der Waals surface area contributed by atoms with E-state index in [1.165, 1.54) is 6.21 Å². The summed E-state index contributed by atoms with van der Waals surface area (Å²) in [5.41, 5.74) is 7.64. The molecule has 0 aliphatic heterocycles. The average molecular weight is 155 g/mol. The van der Waals surface area contributed by atoms with E-state index in [4.69, 9.17) is 10.8 Å². The van der Waals surface area contributed by atoms with Crippen LogP contribution in [0.3, 0.4) is 0 Å². The molecule has 1 saturated carbocycles. The Morgan fingerprint density at radius 2 is 2.36 bits per heavy atom. The van der Waals surface area contributed by atoms with Gasteiger partial charge in [-0.3, -0.25) is 0 Å². The summed E-state index contributed by atoms with van der Waals surface area (Å²) in [4.78, 5) is 10.1. The van der Waals surface area contributed by atoms with E-state index in [0.29, 0.717) is 0 Å². The van der Waals surface area contributed by atoms with E-state index in [9.17, 15) is 4.79 Å². The maximum atomic E-state index is 10.1. The lowest BCUT2D eigenvalue weighted by molar-refractivity contribution is 0.249. The molecule has 1 fully saturated rings. The minimum absolute atomic E-state index is 0.124. The highest BCUT2D eigenvalue weighted by atomic mass is 16.3. The Morgan fingerprint density at radius 3 is 2.82 bits per heavy atom. The minimum Gasteiger partial charge on any atom is -0.506 e. The second kappa shape index (κ2) is 3.05. The molecule has 11 heavy (non-hydrogen) atoms. The third-order valence-corrected chi connectivity index (χ3v) is 1.22. The van der Waals surface area contributed by atoms with Crippen LogP contribution in [0, 0.1) is 0 Å². The Balaban J connectivity index is 2.35. The zero-order valence-electron chi connectivity index (χ0n) is 5.87. The molecule has 0 unspecified atom stereocenters. The number of nitrogens with zero attached hydrogens (tertiary/aromatic N) is 1. The van der Waals surface area contributed by atoms with E-state index in [-0.39, 0.29) is 5.76 Å². The van der Waals surface area contributed by atoms with Crippen LogP contribution in [0.2, 0.25) is 0 Å². The van der Waals surface area contributed by atoms with Crippen LogP contribution in [0.1, 0.15) is 12.8 Å². The molecule has 0 spiro atoms. The van der Waals surface area contributed by atoms with Gasteiger partial charge in [-0.1, -0.05) is 0 Å².